The van der Waals surface area contributed by atoms with Gasteiger partial charge in [-0.15, -0.1) is 0 Å². The minimum absolute atomic E-state index is 0.413. The summed E-state index contributed by atoms with van der Waals surface area (Å²) in [5, 5.41) is 8.13. The Morgan fingerprint density at radius 2 is 1.82 bits per heavy atom. The lowest BCUT2D eigenvalue weighted by molar-refractivity contribution is -0.149. The summed E-state index contributed by atoms with van der Waals surface area (Å²) in [4.78, 5) is 23.0. The van der Waals surface area contributed by atoms with Crippen molar-refractivity contribution in [1.82, 2.24) is 0 Å². The first kappa shape index (κ1) is 13.5. The molecule has 1 aliphatic carbocycles. The average Bonchev–Trinajstić information content (AvgIpc) is 2.29. The molecule has 1 heterocycles. The molecule has 3 atom stereocenters. The van der Waals surface area contributed by atoms with Crippen LogP contribution in [-0.4, -0.2) is 38.5 Å². The van der Waals surface area contributed by atoms with Crippen LogP contribution in [0, 0.1) is 11.8 Å². The van der Waals surface area contributed by atoms with Crippen LogP contribution in [0.25, 0.3) is 0 Å². The summed E-state index contributed by atoms with van der Waals surface area (Å²) in [7, 11) is -3.70. The molecule has 5 nitrogen and oxygen atoms in total. The topological polar surface area (TPSA) is 88.5 Å². The van der Waals surface area contributed by atoms with Gasteiger partial charge in [0.05, 0.1) is 16.6 Å². The first-order valence-corrected chi connectivity index (χ1v) is 7.99. The second-order valence-electron chi connectivity index (χ2n) is 4.90. The number of ketones is 1. The number of carboxylic acid groups (broad SMARTS) is 1. The third kappa shape index (κ3) is 1.32. The van der Waals surface area contributed by atoms with Gasteiger partial charge in [-0.1, -0.05) is 31.9 Å². The third-order valence-corrected chi connectivity index (χ3v) is 9.17. The summed E-state index contributed by atoms with van der Waals surface area (Å²) in [6.45, 7) is 2.73. The normalized spacial score (nSPS) is 40.5. The number of Topliss-reactive ketones (excluding diaryl/α,β-unsaturated/α-hetero) is 1. The van der Waals surface area contributed by atoms with Gasteiger partial charge in [0, 0.05) is 0 Å². The van der Waals surface area contributed by atoms with Crippen molar-refractivity contribution in [3.63, 3.8) is 0 Å². The molecule has 2 aliphatic rings. The zero-order valence-electron chi connectivity index (χ0n) is 8.98. The molecule has 0 spiro atoms. The monoisotopic (exact) mass is 388 g/mol. The van der Waals surface area contributed by atoms with Crippen molar-refractivity contribution in [2.24, 2.45) is 11.8 Å². The van der Waals surface area contributed by atoms with Crippen molar-refractivity contribution in [3.05, 3.63) is 0 Å². The van der Waals surface area contributed by atoms with Crippen LogP contribution in [0.3, 0.4) is 0 Å². The number of carboxylic acids is 1. The molecule has 2 fully saturated rings. The van der Waals surface area contributed by atoms with E-state index in [1.54, 1.807) is 0 Å². The van der Waals surface area contributed by atoms with Gasteiger partial charge in [-0.25, -0.2) is 8.42 Å². The Kier molecular flexibility index (Phi) is 2.64. The van der Waals surface area contributed by atoms with Gasteiger partial charge in [0.1, 0.15) is 5.25 Å². The molecule has 0 aromatic rings. The quantitative estimate of drug-likeness (QED) is 0.674. The minimum atomic E-state index is -3.70. The third-order valence-electron chi connectivity index (χ3n) is 3.76. The molecule has 0 aromatic carbocycles. The summed E-state index contributed by atoms with van der Waals surface area (Å²) in [5.74, 6) is -3.81. The van der Waals surface area contributed by atoms with E-state index in [4.69, 9.17) is 5.11 Å². The predicted octanol–water partition coefficient (Wildman–Crippen LogP) is 0.948. The van der Waals surface area contributed by atoms with Crippen LogP contribution in [0.1, 0.15) is 13.8 Å². The molecular weight excluding hydrogens is 380 g/mol. The molecule has 0 aromatic heterocycles. The molecule has 1 saturated heterocycles. The maximum absolute atomic E-state index is 12.3. The Hall–Kier alpha value is 0.0500. The molecule has 0 amide bonds. The highest BCUT2D eigenvalue weighted by Crippen LogP contribution is 2.62. The number of carbonyl (C=O) groups excluding carboxylic acids is 1. The van der Waals surface area contributed by atoms with Crippen molar-refractivity contribution in [2.75, 3.05) is 0 Å². The fourth-order valence-electron chi connectivity index (χ4n) is 2.73. The molecule has 0 radical (unpaired) electrons. The fourth-order valence-corrected chi connectivity index (χ4v) is 7.73. The van der Waals surface area contributed by atoms with E-state index in [1.165, 1.54) is 13.8 Å². The Morgan fingerprint density at radius 1 is 1.35 bits per heavy atom. The van der Waals surface area contributed by atoms with E-state index in [0.29, 0.717) is 0 Å². The Morgan fingerprint density at radius 3 is 2.24 bits per heavy atom. The van der Waals surface area contributed by atoms with E-state index >= 15 is 0 Å². The Labute approximate surface area is 115 Å². The molecule has 1 saturated carbocycles. The highest BCUT2D eigenvalue weighted by atomic mass is 79.9. The van der Waals surface area contributed by atoms with Crippen LogP contribution in [0.15, 0.2) is 0 Å². The predicted molar refractivity (Wildman–Crippen MR) is 67.0 cm³/mol. The van der Waals surface area contributed by atoms with E-state index in [1.807, 2.05) is 0 Å². The summed E-state index contributed by atoms with van der Waals surface area (Å²) in [6, 6.07) is 0. The molecule has 96 valence electrons. The smallest absolute Gasteiger partial charge is 0.308 e. The van der Waals surface area contributed by atoms with E-state index in [9.17, 15) is 18.0 Å². The zero-order chi connectivity index (χ0) is 13.4. The lowest BCUT2D eigenvalue weighted by Crippen LogP contribution is -2.61. The molecule has 3 unspecified atom stereocenters. The number of fused-ring (bicyclic) bond motifs is 1. The number of aliphatic carboxylic acids is 1. The van der Waals surface area contributed by atoms with Crippen LogP contribution < -0.4 is 0 Å². The number of carbonyl (C=O) groups is 2. The van der Waals surface area contributed by atoms with Crippen LogP contribution in [0.2, 0.25) is 0 Å². The summed E-state index contributed by atoms with van der Waals surface area (Å²) in [5.41, 5.74) is 0. The van der Waals surface area contributed by atoms with Gasteiger partial charge < -0.3 is 5.11 Å². The number of alkyl halides is 2. The number of halogens is 2. The summed E-state index contributed by atoms with van der Waals surface area (Å²) < 4.78 is 21.8. The minimum Gasteiger partial charge on any atom is -0.481 e. The Bertz CT molecular complexity index is 522. The van der Waals surface area contributed by atoms with Crippen molar-refractivity contribution >= 4 is 53.4 Å². The van der Waals surface area contributed by atoms with E-state index in [-0.39, 0.29) is 0 Å². The maximum Gasteiger partial charge on any atom is 0.308 e. The van der Waals surface area contributed by atoms with Crippen LogP contribution in [0.5, 0.6) is 0 Å². The van der Waals surface area contributed by atoms with Gasteiger partial charge in [-0.2, -0.15) is 0 Å². The van der Waals surface area contributed by atoms with E-state index in [0.717, 1.165) is 0 Å². The molecule has 2 rings (SSSR count). The molecule has 17 heavy (non-hydrogen) atoms. The highest BCUT2D eigenvalue weighted by molar-refractivity contribution is 9.26. The highest BCUT2D eigenvalue weighted by Gasteiger charge is 2.78. The molecular formula is C9H10Br2O5S. The van der Waals surface area contributed by atoms with Crippen molar-refractivity contribution in [1.29, 1.82) is 0 Å². The second kappa shape index (κ2) is 3.33. The summed E-state index contributed by atoms with van der Waals surface area (Å²) >= 11 is 6.07. The Balaban J connectivity index is 2.65. The van der Waals surface area contributed by atoms with Gasteiger partial charge in [-0.3, -0.25) is 9.59 Å². The van der Waals surface area contributed by atoms with Gasteiger partial charge >= 0.3 is 5.97 Å². The average molecular weight is 390 g/mol. The van der Waals surface area contributed by atoms with Crippen molar-refractivity contribution in [2.45, 2.75) is 27.1 Å². The van der Waals surface area contributed by atoms with E-state index in [2.05, 4.69) is 31.9 Å². The van der Waals surface area contributed by atoms with Crippen molar-refractivity contribution in [3.8, 4) is 0 Å². The maximum atomic E-state index is 12.3. The standard InChI is InChI=1S/C9H10Br2O5S/c1-8(2)4(7(13)14)3-5(12)9(10,11)6(3)17(8,15)16/h3-4,6H,1-2H3,(H,13,14). The van der Waals surface area contributed by atoms with Crippen molar-refractivity contribution < 1.29 is 23.1 Å². The first-order valence-electron chi connectivity index (χ1n) is 4.85. The molecule has 8 heteroatoms. The number of sulfone groups is 1. The van der Waals surface area contributed by atoms with Gasteiger partial charge in [0.2, 0.25) is 0 Å². The van der Waals surface area contributed by atoms with Gasteiger partial charge in [0.15, 0.2) is 18.9 Å². The lowest BCUT2D eigenvalue weighted by atomic mass is 9.70. The largest absolute Gasteiger partial charge is 0.481 e. The number of hydrogen-bond donors (Lipinski definition) is 1. The molecule has 1 N–H and O–H groups in total. The number of hydrogen-bond acceptors (Lipinski definition) is 4. The second-order valence-corrected chi connectivity index (χ2v) is 11.1. The summed E-state index contributed by atoms with van der Waals surface area (Å²) in [6.07, 6.45) is 0. The van der Waals surface area contributed by atoms with Crippen LogP contribution in [-0.2, 0) is 19.4 Å². The van der Waals surface area contributed by atoms with Crippen LogP contribution >= 0.6 is 31.9 Å². The van der Waals surface area contributed by atoms with E-state index < -0.39 is 46.7 Å². The van der Waals surface area contributed by atoms with Gasteiger partial charge in [0.25, 0.3) is 0 Å². The molecule has 0 bridgehead atoms. The van der Waals surface area contributed by atoms with Crippen LogP contribution in [0.4, 0.5) is 0 Å². The SMILES string of the molecule is CC1(C)C(C(=O)O)C2C(=O)C(Br)(Br)C2S1(=O)=O. The zero-order valence-corrected chi connectivity index (χ0v) is 13.0. The number of rotatable bonds is 1. The molecule has 1 aliphatic heterocycles. The van der Waals surface area contributed by atoms with Gasteiger partial charge in [-0.05, 0) is 13.8 Å². The fraction of sp³-hybridized carbons (Fsp3) is 0.778. The first-order chi connectivity index (χ1) is 7.47. The lowest BCUT2D eigenvalue weighted by Gasteiger charge is -2.41.